The Morgan fingerprint density at radius 2 is 2.20 bits per heavy atom. The molecule has 4 nitrogen and oxygen atoms in total. The number of aryl methyl sites for hydroxylation is 2. The third-order valence-electron chi connectivity index (χ3n) is 5.26. The number of nitrogens with one attached hydrogen (secondary N) is 1. The molecule has 0 bridgehead atoms. The fourth-order valence-electron chi connectivity index (χ4n) is 3.77. The van der Waals surface area contributed by atoms with Gasteiger partial charge in [0.25, 0.3) is 0 Å². The Balaban J connectivity index is 1.63. The van der Waals surface area contributed by atoms with E-state index in [4.69, 9.17) is 4.74 Å². The van der Waals surface area contributed by atoms with E-state index in [-0.39, 0.29) is 5.91 Å². The molecule has 1 atom stereocenters. The van der Waals surface area contributed by atoms with Gasteiger partial charge in [0.2, 0.25) is 5.91 Å². The maximum Gasteiger partial charge on any atom is 0.220 e. The highest BCUT2D eigenvalue weighted by Gasteiger charge is 2.19. The first-order valence-electron chi connectivity index (χ1n) is 9.78. The highest BCUT2D eigenvalue weighted by atomic mass is 16.5. The highest BCUT2D eigenvalue weighted by molar-refractivity contribution is 5.76. The zero-order valence-corrected chi connectivity index (χ0v) is 16.1. The molecule has 1 aromatic rings. The van der Waals surface area contributed by atoms with E-state index in [1.807, 2.05) is 19.1 Å². The fraction of sp³-hybridized carbons (Fsp3) is 0.667. The Morgan fingerprint density at radius 3 is 2.92 bits per heavy atom. The summed E-state index contributed by atoms with van der Waals surface area (Å²) in [7, 11) is 1.68. The molecule has 1 aromatic carbocycles. The van der Waals surface area contributed by atoms with Gasteiger partial charge >= 0.3 is 0 Å². The van der Waals surface area contributed by atoms with Crippen LogP contribution in [0.15, 0.2) is 18.2 Å². The molecule has 25 heavy (non-hydrogen) atoms. The van der Waals surface area contributed by atoms with Crippen LogP contribution in [0.3, 0.4) is 0 Å². The molecule has 0 aromatic heterocycles. The lowest BCUT2D eigenvalue weighted by Crippen LogP contribution is -2.40. The zero-order valence-electron chi connectivity index (χ0n) is 16.1. The van der Waals surface area contributed by atoms with Crippen LogP contribution in [0.2, 0.25) is 0 Å². The van der Waals surface area contributed by atoms with Crippen LogP contribution in [0.5, 0.6) is 5.75 Å². The molecule has 1 fully saturated rings. The number of benzene rings is 1. The van der Waals surface area contributed by atoms with Gasteiger partial charge in [0.15, 0.2) is 0 Å². The second kappa shape index (κ2) is 10.4. The Hall–Kier alpha value is -1.55. The number of carbonyl (C=O) groups excluding carboxylic acids is 1. The van der Waals surface area contributed by atoms with E-state index in [2.05, 4.69) is 23.2 Å². The lowest BCUT2D eigenvalue weighted by Gasteiger charge is -2.35. The molecule has 2 rings (SSSR count). The van der Waals surface area contributed by atoms with Crippen molar-refractivity contribution in [3.63, 3.8) is 0 Å². The Labute approximate surface area is 152 Å². The lowest BCUT2D eigenvalue weighted by molar-refractivity contribution is -0.121. The molecule has 1 heterocycles. The summed E-state index contributed by atoms with van der Waals surface area (Å²) in [5, 5.41) is 3.07. The first-order valence-corrected chi connectivity index (χ1v) is 9.78. The van der Waals surface area contributed by atoms with Gasteiger partial charge in [-0.25, -0.2) is 0 Å². The Kier molecular flexibility index (Phi) is 8.26. The van der Waals surface area contributed by atoms with Gasteiger partial charge in [-0.05, 0) is 62.8 Å². The molecule has 0 unspecified atom stereocenters. The van der Waals surface area contributed by atoms with E-state index >= 15 is 0 Å². The number of rotatable bonds is 9. The Morgan fingerprint density at radius 1 is 1.36 bits per heavy atom. The summed E-state index contributed by atoms with van der Waals surface area (Å²) in [5.74, 6) is 1.05. The number of methoxy groups -OCH3 is 1. The van der Waals surface area contributed by atoms with Crippen LogP contribution >= 0.6 is 0 Å². The van der Waals surface area contributed by atoms with Crippen molar-refractivity contribution >= 4 is 5.91 Å². The van der Waals surface area contributed by atoms with Gasteiger partial charge in [-0.15, -0.1) is 0 Å². The number of carbonyl (C=O) groups is 1. The van der Waals surface area contributed by atoms with Crippen molar-refractivity contribution in [2.45, 2.75) is 64.8 Å². The van der Waals surface area contributed by atoms with E-state index in [0.717, 1.165) is 43.3 Å². The van der Waals surface area contributed by atoms with Crippen molar-refractivity contribution in [1.82, 2.24) is 10.2 Å². The average Bonchev–Trinajstić information content (AvgIpc) is 2.64. The topological polar surface area (TPSA) is 41.6 Å². The second-order valence-electron chi connectivity index (χ2n) is 7.10. The molecule has 1 aliphatic heterocycles. The first-order chi connectivity index (χ1) is 12.1. The number of ether oxygens (including phenoxy) is 1. The van der Waals surface area contributed by atoms with E-state index in [1.54, 1.807) is 7.11 Å². The van der Waals surface area contributed by atoms with Gasteiger partial charge in [0.1, 0.15) is 5.75 Å². The normalized spacial score (nSPS) is 18.1. The summed E-state index contributed by atoms with van der Waals surface area (Å²) in [4.78, 5) is 14.7. The molecular formula is C21H34N2O2. The molecule has 0 saturated carbocycles. The van der Waals surface area contributed by atoms with Gasteiger partial charge < -0.3 is 15.0 Å². The minimum atomic E-state index is 0.152. The molecule has 0 radical (unpaired) electrons. The maximum atomic E-state index is 12.0. The van der Waals surface area contributed by atoms with Crippen molar-refractivity contribution in [1.29, 1.82) is 0 Å². The Bertz CT molecular complexity index is 545. The molecular weight excluding hydrogens is 312 g/mol. The standard InChI is InChI=1S/C21H34N2O2/c1-4-19-8-5-6-14-23(19)15-7-13-22-21(24)12-10-18-9-11-20(25-3)17(2)16-18/h9,11,16,19H,4-8,10,12-15H2,1-3H3,(H,22,24)/t19-/m0/s1. The van der Waals surface area contributed by atoms with Gasteiger partial charge in [-0.1, -0.05) is 25.5 Å². The van der Waals surface area contributed by atoms with Crippen molar-refractivity contribution < 1.29 is 9.53 Å². The van der Waals surface area contributed by atoms with Crippen LogP contribution in [0, 0.1) is 6.92 Å². The third-order valence-corrected chi connectivity index (χ3v) is 5.26. The molecule has 1 N–H and O–H groups in total. The quantitative estimate of drug-likeness (QED) is 0.693. The van der Waals surface area contributed by atoms with Crippen molar-refractivity contribution in [2.75, 3.05) is 26.7 Å². The molecule has 1 saturated heterocycles. The van der Waals surface area contributed by atoms with Gasteiger partial charge in [-0.3, -0.25) is 4.79 Å². The lowest BCUT2D eigenvalue weighted by atomic mass is 10.00. The molecule has 140 valence electrons. The maximum absolute atomic E-state index is 12.0. The summed E-state index contributed by atoms with van der Waals surface area (Å²) in [6, 6.07) is 6.88. The van der Waals surface area contributed by atoms with E-state index in [9.17, 15) is 4.79 Å². The van der Waals surface area contributed by atoms with Crippen molar-refractivity contribution in [2.24, 2.45) is 0 Å². The molecule has 1 amide bonds. The largest absolute Gasteiger partial charge is 0.496 e. The van der Waals surface area contributed by atoms with Crippen LogP contribution in [-0.4, -0.2) is 43.6 Å². The van der Waals surface area contributed by atoms with Gasteiger partial charge in [0, 0.05) is 25.6 Å². The SMILES string of the molecule is CC[C@H]1CCCCN1CCCNC(=O)CCc1ccc(OC)c(C)c1. The summed E-state index contributed by atoms with van der Waals surface area (Å²) in [6.07, 6.45) is 7.65. The zero-order chi connectivity index (χ0) is 18.1. The fourth-order valence-corrected chi connectivity index (χ4v) is 3.77. The highest BCUT2D eigenvalue weighted by Crippen LogP contribution is 2.20. The van der Waals surface area contributed by atoms with Crippen LogP contribution in [0.4, 0.5) is 0 Å². The van der Waals surface area contributed by atoms with Crippen LogP contribution in [0.1, 0.15) is 56.6 Å². The second-order valence-corrected chi connectivity index (χ2v) is 7.10. The number of piperidine rings is 1. The molecule has 4 heteroatoms. The minimum Gasteiger partial charge on any atom is -0.496 e. The third kappa shape index (κ3) is 6.35. The number of hydrogen-bond acceptors (Lipinski definition) is 3. The smallest absolute Gasteiger partial charge is 0.220 e. The van der Waals surface area contributed by atoms with Crippen LogP contribution in [0.25, 0.3) is 0 Å². The number of amides is 1. The molecule has 0 spiro atoms. The van der Waals surface area contributed by atoms with Crippen LogP contribution < -0.4 is 10.1 Å². The minimum absolute atomic E-state index is 0.152. The van der Waals surface area contributed by atoms with E-state index in [1.165, 1.54) is 37.8 Å². The predicted molar refractivity (Wildman–Crippen MR) is 103 cm³/mol. The monoisotopic (exact) mass is 346 g/mol. The number of likely N-dealkylation sites (tertiary alicyclic amines) is 1. The van der Waals surface area contributed by atoms with Gasteiger partial charge in [0.05, 0.1) is 7.11 Å². The molecule has 0 aliphatic carbocycles. The summed E-state index contributed by atoms with van der Waals surface area (Å²) in [6.45, 7) is 7.44. The van der Waals surface area contributed by atoms with Crippen molar-refractivity contribution in [3.8, 4) is 5.75 Å². The van der Waals surface area contributed by atoms with E-state index in [0.29, 0.717) is 6.42 Å². The van der Waals surface area contributed by atoms with Crippen LogP contribution in [-0.2, 0) is 11.2 Å². The van der Waals surface area contributed by atoms with Crippen molar-refractivity contribution in [3.05, 3.63) is 29.3 Å². The predicted octanol–water partition coefficient (Wildman–Crippen LogP) is 3.71. The van der Waals surface area contributed by atoms with Gasteiger partial charge in [-0.2, -0.15) is 0 Å². The van der Waals surface area contributed by atoms with E-state index < -0.39 is 0 Å². The first kappa shape index (κ1) is 19.8. The number of nitrogens with zero attached hydrogens (tertiary/aromatic N) is 1. The summed E-state index contributed by atoms with van der Waals surface area (Å²) < 4.78 is 5.27. The number of hydrogen-bond donors (Lipinski definition) is 1. The summed E-state index contributed by atoms with van der Waals surface area (Å²) in [5.41, 5.74) is 2.31. The molecule has 1 aliphatic rings. The average molecular weight is 347 g/mol. The summed E-state index contributed by atoms with van der Waals surface area (Å²) >= 11 is 0.